The number of hydrogen-bond acceptors (Lipinski definition) is 7. The second kappa shape index (κ2) is 7.37. The van der Waals surface area contributed by atoms with Crippen molar-refractivity contribution in [3.8, 4) is 11.6 Å². The van der Waals surface area contributed by atoms with E-state index in [-0.39, 0.29) is 11.9 Å². The molecule has 1 fully saturated rings. The summed E-state index contributed by atoms with van der Waals surface area (Å²) in [5.74, 6) is 1.29. The van der Waals surface area contributed by atoms with Gasteiger partial charge in [-0.25, -0.2) is 0 Å². The lowest BCUT2D eigenvalue weighted by atomic mass is 10.1. The molecule has 8 nitrogen and oxygen atoms in total. The van der Waals surface area contributed by atoms with Crippen LogP contribution in [0.2, 0.25) is 0 Å². The molecule has 0 spiro atoms. The zero-order valence-electron chi connectivity index (χ0n) is 16.8. The summed E-state index contributed by atoms with van der Waals surface area (Å²) in [7, 11) is 0. The standard InChI is InChI=1S/C22H21N5O3/c1-3-17-18(13(2)26-30-17)22(28)27-12-6-9-16(27)20-24-25-21(29-20)19-15-8-5-4-7-14(15)10-11-23-19/h4-5,7-8,10-11,16H,3,6,9,12H2,1-2H3. The Morgan fingerprint density at radius 2 is 2.10 bits per heavy atom. The molecule has 8 heteroatoms. The molecule has 4 heterocycles. The minimum atomic E-state index is -0.271. The van der Waals surface area contributed by atoms with E-state index in [0.29, 0.717) is 47.5 Å². The van der Waals surface area contributed by atoms with Crippen LogP contribution in [0.5, 0.6) is 0 Å². The smallest absolute Gasteiger partial charge is 0.267 e. The van der Waals surface area contributed by atoms with Crippen LogP contribution in [0.25, 0.3) is 22.4 Å². The number of amides is 1. The zero-order chi connectivity index (χ0) is 20.7. The molecule has 0 N–H and O–H groups in total. The summed E-state index contributed by atoms with van der Waals surface area (Å²) in [4.78, 5) is 19.5. The molecule has 3 aromatic heterocycles. The summed E-state index contributed by atoms with van der Waals surface area (Å²) in [6.07, 6.45) is 3.97. The Bertz CT molecular complexity index is 1220. The highest BCUT2D eigenvalue weighted by molar-refractivity contribution is 5.96. The summed E-state index contributed by atoms with van der Waals surface area (Å²) in [5, 5.41) is 14.5. The van der Waals surface area contributed by atoms with Crippen molar-refractivity contribution in [3.05, 3.63) is 59.4 Å². The molecule has 1 atom stereocenters. The topological polar surface area (TPSA) is 98.2 Å². The third-order valence-corrected chi connectivity index (χ3v) is 5.58. The third-order valence-electron chi connectivity index (χ3n) is 5.58. The van der Waals surface area contributed by atoms with Crippen LogP contribution in [0.3, 0.4) is 0 Å². The molecule has 0 saturated carbocycles. The van der Waals surface area contributed by atoms with Crippen molar-refractivity contribution in [2.24, 2.45) is 0 Å². The molecule has 1 aromatic carbocycles. The SMILES string of the molecule is CCc1onc(C)c1C(=O)N1CCCC1c1nnc(-c2nccc3ccccc23)o1. The second-order valence-corrected chi connectivity index (χ2v) is 7.40. The van der Waals surface area contributed by atoms with Gasteiger partial charge in [-0.05, 0) is 31.2 Å². The number of carbonyl (C=O) groups excluding carboxylic acids is 1. The molecule has 1 aliphatic rings. The molecule has 0 radical (unpaired) electrons. The summed E-state index contributed by atoms with van der Waals surface area (Å²) in [6, 6.07) is 9.60. The number of aryl methyl sites for hydroxylation is 2. The average Bonchev–Trinajstić information content (AvgIpc) is 3.51. The quantitative estimate of drug-likeness (QED) is 0.505. The van der Waals surface area contributed by atoms with Gasteiger partial charge in [-0.3, -0.25) is 9.78 Å². The van der Waals surface area contributed by atoms with Gasteiger partial charge in [-0.2, -0.15) is 0 Å². The summed E-state index contributed by atoms with van der Waals surface area (Å²) < 4.78 is 11.3. The number of aromatic nitrogens is 4. The number of nitrogens with zero attached hydrogens (tertiary/aromatic N) is 5. The van der Waals surface area contributed by atoms with Crippen LogP contribution in [0.1, 0.15) is 53.5 Å². The van der Waals surface area contributed by atoms with Gasteiger partial charge in [0.25, 0.3) is 11.8 Å². The lowest BCUT2D eigenvalue weighted by Gasteiger charge is -2.21. The fourth-order valence-corrected chi connectivity index (χ4v) is 4.10. The predicted molar refractivity (Wildman–Crippen MR) is 109 cm³/mol. The largest absolute Gasteiger partial charge is 0.417 e. The van der Waals surface area contributed by atoms with E-state index in [9.17, 15) is 4.79 Å². The van der Waals surface area contributed by atoms with Crippen molar-refractivity contribution >= 4 is 16.7 Å². The number of pyridine rings is 1. The van der Waals surface area contributed by atoms with E-state index in [1.165, 1.54) is 0 Å². The van der Waals surface area contributed by atoms with Gasteiger partial charge in [-0.1, -0.05) is 36.3 Å². The fourth-order valence-electron chi connectivity index (χ4n) is 4.10. The zero-order valence-corrected chi connectivity index (χ0v) is 16.8. The highest BCUT2D eigenvalue weighted by Gasteiger charge is 2.37. The Hall–Kier alpha value is -3.55. The minimum Gasteiger partial charge on any atom is -0.417 e. The first-order valence-corrected chi connectivity index (χ1v) is 10.1. The maximum atomic E-state index is 13.3. The predicted octanol–water partition coefficient (Wildman–Crippen LogP) is 4.12. The molecular formula is C22H21N5O3. The van der Waals surface area contributed by atoms with Crippen LogP contribution in [0, 0.1) is 6.92 Å². The van der Waals surface area contributed by atoms with E-state index in [0.717, 1.165) is 23.6 Å². The van der Waals surface area contributed by atoms with E-state index in [4.69, 9.17) is 8.94 Å². The Balaban J connectivity index is 1.48. The van der Waals surface area contributed by atoms with E-state index >= 15 is 0 Å². The van der Waals surface area contributed by atoms with Crippen molar-refractivity contribution in [3.63, 3.8) is 0 Å². The van der Waals surface area contributed by atoms with Gasteiger partial charge >= 0.3 is 0 Å². The van der Waals surface area contributed by atoms with Gasteiger partial charge in [0.15, 0.2) is 0 Å². The third kappa shape index (κ3) is 2.96. The number of carbonyl (C=O) groups is 1. The number of benzene rings is 1. The Morgan fingerprint density at radius 1 is 1.23 bits per heavy atom. The van der Waals surface area contributed by atoms with Gasteiger partial charge in [0.1, 0.15) is 23.1 Å². The van der Waals surface area contributed by atoms with Crippen LogP contribution in [0.4, 0.5) is 0 Å². The van der Waals surface area contributed by atoms with Crippen molar-refractivity contribution < 1.29 is 13.7 Å². The maximum Gasteiger partial charge on any atom is 0.267 e. The first-order valence-electron chi connectivity index (χ1n) is 10.1. The van der Waals surface area contributed by atoms with E-state index in [1.807, 2.05) is 37.3 Å². The van der Waals surface area contributed by atoms with E-state index in [2.05, 4.69) is 20.3 Å². The molecule has 1 amide bonds. The molecule has 0 aliphatic carbocycles. The van der Waals surface area contributed by atoms with Crippen LogP contribution < -0.4 is 0 Å². The summed E-state index contributed by atoms with van der Waals surface area (Å²) in [6.45, 7) is 4.36. The van der Waals surface area contributed by atoms with Crippen molar-refractivity contribution in [2.45, 2.75) is 39.2 Å². The van der Waals surface area contributed by atoms with Gasteiger partial charge in [0.05, 0.1) is 5.69 Å². The number of likely N-dealkylation sites (tertiary alicyclic amines) is 1. The van der Waals surface area contributed by atoms with Gasteiger partial charge in [-0.15, -0.1) is 10.2 Å². The molecule has 152 valence electrons. The summed E-state index contributed by atoms with van der Waals surface area (Å²) >= 11 is 0. The molecular weight excluding hydrogens is 382 g/mol. The molecule has 5 rings (SSSR count). The normalized spacial score (nSPS) is 16.5. The Labute approximate surface area is 172 Å². The van der Waals surface area contributed by atoms with Crippen molar-refractivity contribution in [1.82, 2.24) is 25.2 Å². The molecule has 0 bridgehead atoms. The Kier molecular flexibility index (Phi) is 4.54. The van der Waals surface area contributed by atoms with Crippen LogP contribution in [-0.4, -0.2) is 37.7 Å². The average molecular weight is 403 g/mol. The van der Waals surface area contributed by atoms with Gasteiger partial charge in [0, 0.05) is 24.5 Å². The highest BCUT2D eigenvalue weighted by atomic mass is 16.5. The fraction of sp³-hybridized carbons (Fsp3) is 0.318. The van der Waals surface area contributed by atoms with Crippen LogP contribution in [-0.2, 0) is 6.42 Å². The van der Waals surface area contributed by atoms with Crippen molar-refractivity contribution in [1.29, 1.82) is 0 Å². The molecule has 30 heavy (non-hydrogen) atoms. The van der Waals surface area contributed by atoms with E-state index < -0.39 is 0 Å². The monoisotopic (exact) mass is 403 g/mol. The minimum absolute atomic E-state index is 0.101. The second-order valence-electron chi connectivity index (χ2n) is 7.40. The molecule has 1 saturated heterocycles. The lowest BCUT2D eigenvalue weighted by Crippen LogP contribution is -2.31. The van der Waals surface area contributed by atoms with Crippen molar-refractivity contribution in [2.75, 3.05) is 6.54 Å². The first kappa shape index (κ1) is 18.5. The van der Waals surface area contributed by atoms with Gasteiger partial charge in [0.2, 0.25) is 5.89 Å². The molecule has 4 aromatic rings. The Morgan fingerprint density at radius 3 is 2.97 bits per heavy atom. The lowest BCUT2D eigenvalue weighted by molar-refractivity contribution is 0.0713. The van der Waals surface area contributed by atoms with Crippen LogP contribution >= 0.6 is 0 Å². The number of fused-ring (bicyclic) bond motifs is 1. The number of rotatable bonds is 4. The number of hydrogen-bond donors (Lipinski definition) is 0. The first-order chi connectivity index (χ1) is 14.7. The molecule has 1 unspecified atom stereocenters. The van der Waals surface area contributed by atoms with E-state index in [1.54, 1.807) is 18.0 Å². The maximum absolute atomic E-state index is 13.3. The highest BCUT2D eigenvalue weighted by Crippen LogP contribution is 2.35. The van der Waals surface area contributed by atoms with Crippen LogP contribution in [0.15, 0.2) is 45.5 Å². The molecule has 1 aliphatic heterocycles. The summed E-state index contributed by atoms with van der Waals surface area (Å²) in [5.41, 5.74) is 1.79. The van der Waals surface area contributed by atoms with Gasteiger partial charge < -0.3 is 13.8 Å².